The highest BCUT2D eigenvalue weighted by Crippen LogP contribution is 2.29. The zero-order valence-corrected chi connectivity index (χ0v) is 18.3. The molecule has 1 aromatic heterocycles. The summed E-state index contributed by atoms with van der Waals surface area (Å²) in [5.74, 6) is 0.924. The summed E-state index contributed by atoms with van der Waals surface area (Å²) in [4.78, 5) is 22.4. The number of para-hydroxylation sites is 1. The fraction of sp³-hybridized carbons (Fsp3) is 0.440. The summed E-state index contributed by atoms with van der Waals surface area (Å²) in [6, 6.07) is 14.6. The molecule has 2 aromatic carbocycles. The molecule has 162 valence electrons. The van der Waals surface area contributed by atoms with Crippen LogP contribution in [0.1, 0.15) is 36.5 Å². The summed E-state index contributed by atoms with van der Waals surface area (Å²) in [7, 11) is 0. The van der Waals surface area contributed by atoms with Gasteiger partial charge in [0.15, 0.2) is 0 Å². The minimum Gasteiger partial charge on any atom is -0.370 e. The van der Waals surface area contributed by atoms with Gasteiger partial charge in [-0.2, -0.15) is 0 Å². The molecule has 1 saturated heterocycles. The van der Waals surface area contributed by atoms with Crippen LogP contribution in [0.25, 0.3) is 22.4 Å². The molecule has 3 aromatic rings. The fourth-order valence-corrected chi connectivity index (χ4v) is 4.84. The fourth-order valence-electron chi connectivity index (χ4n) is 4.84. The first kappa shape index (κ1) is 20.1. The van der Waals surface area contributed by atoms with E-state index in [0.717, 1.165) is 48.6 Å². The Balaban J connectivity index is 1.39. The highest BCUT2D eigenvalue weighted by Gasteiger charge is 2.22. The quantitative estimate of drug-likeness (QED) is 0.687. The van der Waals surface area contributed by atoms with Crippen molar-refractivity contribution in [2.24, 2.45) is 0 Å². The minimum absolute atomic E-state index is 0.0136. The van der Waals surface area contributed by atoms with E-state index in [1.165, 1.54) is 38.0 Å². The van der Waals surface area contributed by atoms with Crippen molar-refractivity contribution < 1.29 is 4.79 Å². The number of aromatic nitrogens is 2. The summed E-state index contributed by atoms with van der Waals surface area (Å²) in [6.07, 6.45) is 3.77. The Hall–Kier alpha value is -2.86. The van der Waals surface area contributed by atoms with Crippen molar-refractivity contribution in [1.82, 2.24) is 19.8 Å². The SMILES string of the molecule is CCCCN1CCCN(c2ccc(-c3nc4cccc5c4n3CCNC5=O)cc2)CC1. The van der Waals surface area contributed by atoms with Gasteiger partial charge in [-0.1, -0.05) is 19.4 Å². The van der Waals surface area contributed by atoms with Crippen LogP contribution < -0.4 is 10.2 Å². The van der Waals surface area contributed by atoms with Crippen molar-refractivity contribution in [2.75, 3.05) is 44.2 Å². The lowest BCUT2D eigenvalue weighted by Gasteiger charge is -2.24. The van der Waals surface area contributed by atoms with E-state index in [1.807, 2.05) is 18.2 Å². The molecule has 2 aliphatic heterocycles. The van der Waals surface area contributed by atoms with Crippen LogP contribution in [-0.4, -0.2) is 59.6 Å². The third kappa shape index (κ3) is 3.92. The van der Waals surface area contributed by atoms with E-state index in [-0.39, 0.29) is 5.91 Å². The summed E-state index contributed by atoms with van der Waals surface area (Å²) in [5.41, 5.74) is 4.91. The predicted octanol–water partition coefficient (Wildman–Crippen LogP) is 3.76. The van der Waals surface area contributed by atoms with Crippen molar-refractivity contribution in [2.45, 2.75) is 32.7 Å². The molecule has 2 aliphatic rings. The molecule has 0 atom stereocenters. The molecular formula is C25H31N5O. The maximum Gasteiger partial charge on any atom is 0.253 e. The van der Waals surface area contributed by atoms with Gasteiger partial charge in [0.1, 0.15) is 5.82 Å². The summed E-state index contributed by atoms with van der Waals surface area (Å²) >= 11 is 0. The largest absolute Gasteiger partial charge is 0.370 e. The minimum atomic E-state index is -0.0136. The van der Waals surface area contributed by atoms with E-state index in [4.69, 9.17) is 4.98 Å². The first-order chi connectivity index (χ1) is 15.2. The Morgan fingerprint density at radius 3 is 2.71 bits per heavy atom. The van der Waals surface area contributed by atoms with E-state index in [2.05, 4.69) is 50.9 Å². The average molecular weight is 418 g/mol. The van der Waals surface area contributed by atoms with Crippen molar-refractivity contribution in [3.8, 4) is 11.4 Å². The van der Waals surface area contributed by atoms with Crippen LogP contribution in [0.2, 0.25) is 0 Å². The number of carbonyl (C=O) groups is 1. The monoisotopic (exact) mass is 417 g/mol. The lowest BCUT2D eigenvalue weighted by atomic mass is 10.1. The molecule has 31 heavy (non-hydrogen) atoms. The second-order valence-electron chi connectivity index (χ2n) is 8.60. The molecule has 6 heteroatoms. The number of hydrogen-bond acceptors (Lipinski definition) is 4. The van der Waals surface area contributed by atoms with E-state index in [1.54, 1.807) is 0 Å². The van der Waals surface area contributed by atoms with E-state index >= 15 is 0 Å². The van der Waals surface area contributed by atoms with Gasteiger partial charge >= 0.3 is 0 Å². The van der Waals surface area contributed by atoms with Gasteiger partial charge in [0, 0.05) is 44.0 Å². The van der Waals surface area contributed by atoms with Crippen LogP contribution in [0.5, 0.6) is 0 Å². The Labute approximate surface area is 183 Å². The highest BCUT2D eigenvalue weighted by atomic mass is 16.1. The first-order valence-electron chi connectivity index (χ1n) is 11.6. The molecule has 0 spiro atoms. The van der Waals surface area contributed by atoms with Crippen LogP contribution in [0.3, 0.4) is 0 Å². The molecule has 1 fully saturated rings. The van der Waals surface area contributed by atoms with Crippen LogP contribution in [0.4, 0.5) is 5.69 Å². The summed E-state index contributed by atoms with van der Waals surface area (Å²) in [6.45, 7) is 9.37. The van der Waals surface area contributed by atoms with Gasteiger partial charge < -0.3 is 19.7 Å². The Kier molecular flexibility index (Phi) is 5.64. The number of hydrogen-bond donors (Lipinski definition) is 1. The molecule has 6 nitrogen and oxygen atoms in total. The van der Waals surface area contributed by atoms with Gasteiger partial charge in [-0.25, -0.2) is 4.98 Å². The third-order valence-corrected chi connectivity index (χ3v) is 6.54. The number of anilines is 1. The maximum atomic E-state index is 12.4. The van der Waals surface area contributed by atoms with Crippen molar-refractivity contribution in [3.05, 3.63) is 48.0 Å². The zero-order valence-electron chi connectivity index (χ0n) is 18.3. The number of benzene rings is 2. The van der Waals surface area contributed by atoms with E-state index in [9.17, 15) is 4.79 Å². The van der Waals surface area contributed by atoms with Crippen molar-refractivity contribution in [3.63, 3.8) is 0 Å². The second-order valence-corrected chi connectivity index (χ2v) is 8.60. The number of nitrogens with zero attached hydrogens (tertiary/aromatic N) is 4. The summed E-state index contributed by atoms with van der Waals surface area (Å²) < 4.78 is 2.19. The molecule has 0 saturated carbocycles. The predicted molar refractivity (Wildman–Crippen MR) is 126 cm³/mol. The zero-order chi connectivity index (χ0) is 21.2. The van der Waals surface area contributed by atoms with Crippen LogP contribution in [-0.2, 0) is 6.54 Å². The standard InChI is InChI=1S/C25H31N5O/c1-2-3-13-28-14-5-15-29(18-17-28)20-10-8-19(9-11-20)24-27-22-7-4-6-21-23(22)30(24)16-12-26-25(21)31/h4,6-11H,2-3,5,12-18H2,1H3,(H,26,31). The van der Waals surface area contributed by atoms with Crippen molar-refractivity contribution >= 4 is 22.6 Å². The molecule has 0 unspecified atom stereocenters. The van der Waals surface area contributed by atoms with E-state index < -0.39 is 0 Å². The van der Waals surface area contributed by atoms with Crippen molar-refractivity contribution in [1.29, 1.82) is 0 Å². The highest BCUT2D eigenvalue weighted by molar-refractivity contribution is 6.06. The van der Waals surface area contributed by atoms with Gasteiger partial charge in [0.2, 0.25) is 0 Å². The number of carbonyl (C=O) groups excluding carboxylic acids is 1. The van der Waals surface area contributed by atoms with Gasteiger partial charge in [-0.3, -0.25) is 4.79 Å². The number of amides is 1. The molecule has 0 radical (unpaired) electrons. The molecule has 1 amide bonds. The molecular weight excluding hydrogens is 386 g/mol. The molecule has 5 rings (SSSR count). The van der Waals surface area contributed by atoms with E-state index in [0.29, 0.717) is 12.1 Å². The normalized spacial score (nSPS) is 17.5. The number of rotatable bonds is 5. The Morgan fingerprint density at radius 1 is 1.00 bits per heavy atom. The maximum absolute atomic E-state index is 12.4. The van der Waals surface area contributed by atoms with Gasteiger partial charge in [0.05, 0.1) is 16.6 Å². The lowest BCUT2D eigenvalue weighted by molar-refractivity contribution is 0.0956. The molecule has 3 heterocycles. The average Bonchev–Trinajstić information content (AvgIpc) is 2.92. The van der Waals surface area contributed by atoms with Crippen LogP contribution >= 0.6 is 0 Å². The van der Waals surface area contributed by atoms with Crippen LogP contribution in [0, 0.1) is 0 Å². The Morgan fingerprint density at radius 2 is 1.87 bits per heavy atom. The first-order valence-corrected chi connectivity index (χ1v) is 11.6. The lowest BCUT2D eigenvalue weighted by Crippen LogP contribution is -2.31. The number of nitrogens with one attached hydrogen (secondary N) is 1. The molecule has 0 bridgehead atoms. The smallest absolute Gasteiger partial charge is 0.253 e. The number of imidazole rings is 1. The number of unbranched alkanes of at least 4 members (excludes halogenated alkanes) is 1. The Bertz CT molecular complexity index is 1070. The third-order valence-electron chi connectivity index (χ3n) is 6.54. The molecule has 1 N–H and O–H groups in total. The van der Waals surface area contributed by atoms with Gasteiger partial charge in [-0.05, 0) is 62.3 Å². The topological polar surface area (TPSA) is 53.4 Å². The summed E-state index contributed by atoms with van der Waals surface area (Å²) in [5, 5.41) is 2.99. The van der Waals surface area contributed by atoms with Gasteiger partial charge in [-0.15, -0.1) is 0 Å². The second kappa shape index (κ2) is 8.71. The van der Waals surface area contributed by atoms with Crippen LogP contribution in [0.15, 0.2) is 42.5 Å². The molecule has 0 aliphatic carbocycles. The van der Waals surface area contributed by atoms with Gasteiger partial charge in [0.25, 0.3) is 5.91 Å².